The summed E-state index contributed by atoms with van der Waals surface area (Å²) in [5, 5.41) is 3.38. The van der Waals surface area contributed by atoms with Crippen LogP contribution in [0.1, 0.15) is 6.42 Å². The molecule has 0 bridgehead atoms. The number of fused-ring (bicyclic) bond motifs is 1. The minimum Gasteiger partial charge on any atom is -0.311 e. The van der Waals surface area contributed by atoms with Crippen molar-refractivity contribution < 1.29 is 8.42 Å². The van der Waals surface area contributed by atoms with E-state index in [-0.39, 0.29) is 12.1 Å². The Balaban J connectivity index is 2.03. The van der Waals surface area contributed by atoms with Crippen molar-refractivity contribution in [1.29, 1.82) is 0 Å². The zero-order valence-corrected chi connectivity index (χ0v) is 11.5. The zero-order valence-electron chi connectivity index (χ0n) is 10.7. The Morgan fingerprint density at radius 2 is 2.12 bits per heavy atom. The quantitative estimate of drug-likeness (QED) is 0.707. The van der Waals surface area contributed by atoms with Crippen molar-refractivity contribution in [3.8, 4) is 0 Å². The van der Waals surface area contributed by atoms with E-state index in [4.69, 9.17) is 0 Å². The molecule has 100 valence electrons. The molecule has 0 aliphatic carbocycles. The van der Waals surface area contributed by atoms with E-state index in [0.717, 1.165) is 32.6 Å². The van der Waals surface area contributed by atoms with Gasteiger partial charge in [-0.1, -0.05) is 0 Å². The monoisotopic (exact) mass is 261 g/mol. The second-order valence-electron chi connectivity index (χ2n) is 5.40. The Bertz CT molecular complexity index is 356. The normalized spacial score (nSPS) is 33.6. The van der Waals surface area contributed by atoms with Crippen LogP contribution in [0.5, 0.6) is 0 Å². The first kappa shape index (κ1) is 13.3. The Morgan fingerprint density at radius 1 is 1.35 bits per heavy atom. The number of rotatable bonds is 3. The van der Waals surface area contributed by atoms with Crippen LogP contribution in [0.25, 0.3) is 0 Å². The average Bonchev–Trinajstić information content (AvgIpc) is 2.41. The van der Waals surface area contributed by atoms with Gasteiger partial charge in [0.15, 0.2) is 9.84 Å². The smallest absolute Gasteiger partial charge is 0.153 e. The Kier molecular flexibility index (Phi) is 4.07. The highest BCUT2D eigenvalue weighted by molar-refractivity contribution is 7.91. The van der Waals surface area contributed by atoms with Crippen molar-refractivity contribution in [3.63, 3.8) is 0 Å². The van der Waals surface area contributed by atoms with Gasteiger partial charge in [-0.25, -0.2) is 8.42 Å². The third kappa shape index (κ3) is 3.40. The van der Waals surface area contributed by atoms with E-state index < -0.39 is 9.84 Å². The third-order valence-electron chi connectivity index (χ3n) is 3.65. The number of sulfone groups is 1. The highest BCUT2D eigenvalue weighted by atomic mass is 32.2. The van der Waals surface area contributed by atoms with Gasteiger partial charge in [-0.3, -0.25) is 4.90 Å². The molecule has 2 rings (SSSR count). The molecule has 0 aromatic carbocycles. The summed E-state index contributed by atoms with van der Waals surface area (Å²) in [5.41, 5.74) is 0. The molecule has 2 heterocycles. The molecule has 2 saturated heterocycles. The highest BCUT2D eigenvalue weighted by Gasteiger charge is 2.41. The highest BCUT2D eigenvalue weighted by Crippen LogP contribution is 2.20. The van der Waals surface area contributed by atoms with Crippen LogP contribution in [0, 0.1) is 0 Å². The molecule has 2 atom stereocenters. The van der Waals surface area contributed by atoms with Crippen LogP contribution in [0.3, 0.4) is 0 Å². The van der Waals surface area contributed by atoms with Crippen molar-refractivity contribution in [2.24, 2.45) is 0 Å². The van der Waals surface area contributed by atoms with E-state index in [1.54, 1.807) is 0 Å². The minimum atomic E-state index is -2.83. The van der Waals surface area contributed by atoms with Crippen molar-refractivity contribution in [3.05, 3.63) is 0 Å². The standard InChI is InChI=1S/C11H23N3O2S/c1-13(2)6-7-14-5-3-4-12-10-8-17(15,16)9-11(10)14/h10-12H,3-9H2,1-2H3. The lowest BCUT2D eigenvalue weighted by Gasteiger charge is -2.30. The first-order chi connectivity index (χ1) is 7.98. The fraction of sp³-hybridized carbons (Fsp3) is 1.00. The van der Waals surface area contributed by atoms with Crippen LogP contribution >= 0.6 is 0 Å². The fourth-order valence-corrected chi connectivity index (χ4v) is 4.71. The molecule has 2 fully saturated rings. The van der Waals surface area contributed by atoms with Crippen LogP contribution in [-0.2, 0) is 9.84 Å². The Morgan fingerprint density at radius 3 is 2.82 bits per heavy atom. The first-order valence-electron chi connectivity index (χ1n) is 6.30. The van der Waals surface area contributed by atoms with Gasteiger partial charge in [-0.15, -0.1) is 0 Å². The van der Waals surface area contributed by atoms with Crippen molar-refractivity contribution in [1.82, 2.24) is 15.1 Å². The lowest BCUT2D eigenvalue weighted by molar-refractivity contribution is 0.188. The van der Waals surface area contributed by atoms with Gasteiger partial charge in [0.25, 0.3) is 0 Å². The van der Waals surface area contributed by atoms with Gasteiger partial charge >= 0.3 is 0 Å². The molecule has 1 N–H and O–H groups in total. The first-order valence-corrected chi connectivity index (χ1v) is 8.13. The van der Waals surface area contributed by atoms with E-state index in [9.17, 15) is 8.42 Å². The molecular formula is C11H23N3O2S. The third-order valence-corrected chi connectivity index (χ3v) is 5.37. The number of nitrogens with one attached hydrogen (secondary N) is 1. The molecule has 0 aromatic rings. The van der Waals surface area contributed by atoms with Crippen LogP contribution in [0.4, 0.5) is 0 Å². The number of likely N-dealkylation sites (N-methyl/N-ethyl adjacent to an activating group) is 1. The molecule has 17 heavy (non-hydrogen) atoms. The van der Waals surface area contributed by atoms with Gasteiger partial charge in [0.1, 0.15) is 0 Å². The summed E-state index contributed by atoms with van der Waals surface area (Å²) in [4.78, 5) is 4.51. The maximum Gasteiger partial charge on any atom is 0.153 e. The molecule has 0 spiro atoms. The predicted molar refractivity (Wildman–Crippen MR) is 69.0 cm³/mol. The summed E-state index contributed by atoms with van der Waals surface area (Å²) in [6, 6.07) is 0.326. The molecule has 2 unspecified atom stereocenters. The van der Waals surface area contributed by atoms with Crippen LogP contribution in [0.15, 0.2) is 0 Å². The summed E-state index contributed by atoms with van der Waals surface area (Å²) in [5.74, 6) is 0.647. The summed E-state index contributed by atoms with van der Waals surface area (Å²) >= 11 is 0. The van der Waals surface area contributed by atoms with Crippen LogP contribution in [0.2, 0.25) is 0 Å². The Hall–Kier alpha value is -0.170. The topological polar surface area (TPSA) is 52.6 Å². The number of nitrogens with zero attached hydrogens (tertiary/aromatic N) is 2. The van der Waals surface area contributed by atoms with Crippen LogP contribution in [-0.4, -0.2) is 82.1 Å². The summed E-state index contributed by atoms with van der Waals surface area (Å²) in [7, 11) is 1.27. The van der Waals surface area contributed by atoms with Gasteiger partial charge in [0.05, 0.1) is 11.5 Å². The largest absolute Gasteiger partial charge is 0.311 e. The average molecular weight is 261 g/mol. The van der Waals surface area contributed by atoms with E-state index in [1.165, 1.54) is 0 Å². The number of hydrogen-bond acceptors (Lipinski definition) is 5. The summed E-state index contributed by atoms with van der Waals surface area (Å²) < 4.78 is 23.4. The van der Waals surface area contributed by atoms with Crippen molar-refractivity contribution in [2.45, 2.75) is 18.5 Å². The maximum atomic E-state index is 11.7. The lowest BCUT2D eigenvalue weighted by Crippen LogP contribution is -2.48. The van der Waals surface area contributed by atoms with Crippen LogP contribution < -0.4 is 5.32 Å². The molecule has 0 aromatic heterocycles. The van der Waals surface area contributed by atoms with Crippen molar-refractivity contribution in [2.75, 3.05) is 51.8 Å². The van der Waals surface area contributed by atoms with E-state index in [2.05, 4.69) is 29.2 Å². The molecule has 2 aliphatic rings. The van der Waals surface area contributed by atoms with E-state index in [0.29, 0.717) is 11.5 Å². The molecule has 5 nitrogen and oxygen atoms in total. The lowest BCUT2D eigenvalue weighted by atomic mass is 10.1. The van der Waals surface area contributed by atoms with Gasteiger partial charge in [-0.05, 0) is 33.6 Å². The summed E-state index contributed by atoms with van der Waals surface area (Å²) in [6.07, 6.45) is 1.11. The van der Waals surface area contributed by atoms with E-state index >= 15 is 0 Å². The fourth-order valence-electron chi connectivity index (χ4n) is 2.73. The maximum absolute atomic E-state index is 11.7. The molecule has 6 heteroatoms. The van der Waals surface area contributed by atoms with E-state index in [1.807, 2.05) is 0 Å². The van der Waals surface area contributed by atoms with Gasteiger partial charge < -0.3 is 10.2 Å². The molecular weight excluding hydrogens is 238 g/mol. The predicted octanol–water partition coefficient (Wildman–Crippen LogP) is -0.991. The second kappa shape index (κ2) is 5.22. The van der Waals surface area contributed by atoms with Gasteiger partial charge in [0.2, 0.25) is 0 Å². The van der Waals surface area contributed by atoms with Crippen molar-refractivity contribution >= 4 is 9.84 Å². The minimum absolute atomic E-state index is 0.143. The molecule has 0 saturated carbocycles. The van der Waals surface area contributed by atoms with Gasteiger partial charge in [-0.2, -0.15) is 0 Å². The SMILES string of the molecule is CN(C)CCN1CCCNC2CS(=O)(=O)CC21. The summed E-state index contributed by atoms with van der Waals surface area (Å²) in [6.45, 7) is 3.90. The Labute approximate surface area is 104 Å². The number of hydrogen-bond donors (Lipinski definition) is 1. The molecule has 0 amide bonds. The molecule has 2 aliphatic heterocycles. The zero-order chi connectivity index (χ0) is 12.5. The second-order valence-corrected chi connectivity index (χ2v) is 7.55. The molecule has 0 radical (unpaired) electrons. The van der Waals surface area contributed by atoms with Gasteiger partial charge in [0, 0.05) is 25.2 Å².